The van der Waals surface area contributed by atoms with E-state index in [0.717, 1.165) is 0 Å². The molecule has 1 aromatic carbocycles. The van der Waals surface area contributed by atoms with E-state index in [1.807, 2.05) is 27.7 Å². The Morgan fingerprint density at radius 3 is 2.47 bits per heavy atom. The summed E-state index contributed by atoms with van der Waals surface area (Å²) in [5, 5.41) is 4.43. The molecule has 160 valence electrons. The van der Waals surface area contributed by atoms with Gasteiger partial charge < -0.3 is 4.98 Å². The normalized spacial score (nSPS) is 12.2. The molecule has 2 heterocycles. The van der Waals surface area contributed by atoms with Crippen LogP contribution in [0.2, 0.25) is 0 Å². The summed E-state index contributed by atoms with van der Waals surface area (Å²) < 4.78 is 30.6. The van der Waals surface area contributed by atoms with Gasteiger partial charge in [-0.05, 0) is 53.2 Å². The third kappa shape index (κ3) is 4.30. The van der Waals surface area contributed by atoms with Crippen LogP contribution in [-0.4, -0.2) is 28.2 Å². The minimum atomic E-state index is -3.86. The van der Waals surface area contributed by atoms with Crippen molar-refractivity contribution in [2.75, 3.05) is 4.72 Å². The molecule has 9 heteroatoms. The van der Waals surface area contributed by atoms with Crippen LogP contribution < -0.4 is 10.3 Å². The van der Waals surface area contributed by atoms with Crippen LogP contribution in [0.5, 0.6) is 0 Å². The van der Waals surface area contributed by atoms with Crippen LogP contribution in [0.3, 0.4) is 0 Å². The van der Waals surface area contributed by atoms with Crippen LogP contribution >= 0.6 is 0 Å². The van der Waals surface area contributed by atoms with Crippen molar-refractivity contribution in [1.82, 2.24) is 19.7 Å². The Morgan fingerprint density at radius 2 is 1.87 bits per heavy atom. The molecule has 0 unspecified atom stereocenters. The molecule has 2 aromatic heterocycles. The number of H-pyrrole nitrogens is 1. The summed E-state index contributed by atoms with van der Waals surface area (Å²) in [5.41, 5.74) is 2.08. The minimum Gasteiger partial charge on any atom is -0.307 e. The van der Waals surface area contributed by atoms with Crippen molar-refractivity contribution in [3.63, 3.8) is 0 Å². The average Bonchev–Trinajstić information content (AvgIpc) is 2.96. The summed E-state index contributed by atoms with van der Waals surface area (Å²) in [4.78, 5) is 19.2. The van der Waals surface area contributed by atoms with Crippen molar-refractivity contribution in [3.05, 3.63) is 57.8 Å². The largest absolute Gasteiger partial charge is 0.307 e. The van der Waals surface area contributed by atoms with Crippen LogP contribution in [0.4, 0.5) is 5.69 Å². The van der Waals surface area contributed by atoms with E-state index in [1.54, 1.807) is 42.8 Å². The number of hydrogen-bond donors (Lipinski definition) is 2. The van der Waals surface area contributed by atoms with Gasteiger partial charge in [-0.3, -0.25) is 14.2 Å². The number of rotatable bonds is 5. The molecule has 0 amide bonds. The van der Waals surface area contributed by atoms with Gasteiger partial charge in [0.25, 0.3) is 15.6 Å². The second kappa shape index (κ2) is 7.71. The highest BCUT2D eigenvalue weighted by atomic mass is 32.2. The Labute approximate surface area is 176 Å². The molecule has 0 aliphatic rings. The molecular weight excluding hydrogens is 402 g/mol. The van der Waals surface area contributed by atoms with Crippen LogP contribution in [0.1, 0.15) is 44.8 Å². The maximum absolute atomic E-state index is 13.1. The van der Waals surface area contributed by atoms with Gasteiger partial charge in [-0.1, -0.05) is 19.1 Å². The van der Waals surface area contributed by atoms with E-state index in [4.69, 9.17) is 0 Å². The fourth-order valence-corrected chi connectivity index (χ4v) is 4.88. The van der Waals surface area contributed by atoms with Gasteiger partial charge in [-0.2, -0.15) is 5.10 Å². The highest BCUT2D eigenvalue weighted by Crippen LogP contribution is 2.27. The summed E-state index contributed by atoms with van der Waals surface area (Å²) in [6, 6.07) is 8.23. The number of sulfonamides is 1. The average molecular weight is 430 g/mol. The second-order valence-electron chi connectivity index (χ2n) is 8.21. The molecule has 8 nitrogen and oxygen atoms in total. The maximum atomic E-state index is 13.1. The Hall–Kier alpha value is -2.94. The molecule has 2 N–H and O–H groups in total. The molecule has 0 saturated heterocycles. The fraction of sp³-hybridized carbons (Fsp3) is 0.381. The summed E-state index contributed by atoms with van der Waals surface area (Å²) >= 11 is 0. The Balaban J connectivity index is 2.00. The zero-order valence-electron chi connectivity index (χ0n) is 18.1. The van der Waals surface area contributed by atoms with E-state index in [0.29, 0.717) is 40.6 Å². The molecular formula is C21H27N5O3S. The van der Waals surface area contributed by atoms with Gasteiger partial charge >= 0.3 is 0 Å². The monoisotopic (exact) mass is 429 g/mol. The van der Waals surface area contributed by atoms with E-state index in [1.165, 1.54) is 6.07 Å². The lowest BCUT2D eigenvalue weighted by Crippen LogP contribution is -2.25. The quantitative estimate of drug-likeness (QED) is 0.646. The van der Waals surface area contributed by atoms with E-state index in [9.17, 15) is 13.2 Å². The number of aromatic nitrogens is 4. The number of hydrogen-bond acceptors (Lipinski definition) is 5. The summed E-state index contributed by atoms with van der Waals surface area (Å²) in [7, 11) is -3.86. The van der Waals surface area contributed by atoms with Gasteiger partial charge in [0.15, 0.2) is 0 Å². The van der Waals surface area contributed by atoms with Crippen molar-refractivity contribution in [2.45, 2.75) is 58.4 Å². The number of aryl methyl sites for hydroxylation is 2. The van der Waals surface area contributed by atoms with Gasteiger partial charge in [-0.25, -0.2) is 13.4 Å². The molecule has 0 fully saturated rings. The summed E-state index contributed by atoms with van der Waals surface area (Å²) in [6.45, 7) is 11.3. The maximum Gasteiger partial charge on any atom is 0.265 e. The van der Waals surface area contributed by atoms with E-state index in [-0.39, 0.29) is 16.0 Å². The third-order valence-corrected chi connectivity index (χ3v) is 6.31. The Morgan fingerprint density at radius 1 is 1.17 bits per heavy atom. The first-order chi connectivity index (χ1) is 13.9. The number of aromatic amines is 1. The fourth-order valence-electron chi connectivity index (χ4n) is 3.43. The predicted molar refractivity (Wildman–Crippen MR) is 117 cm³/mol. The number of anilines is 1. The highest BCUT2D eigenvalue weighted by molar-refractivity contribution is 7.92. The van der Waals surface area contributed by atoms with Gasteiger partial charge in [-0.15, -0.1) is 0 Å². The van der Waals surface area contributed by atoms with E-state index < -0.39 is 10.0 Å². The van der Waals surface area contributed by atoms with Crippen LogP contribution in [-0.2, 0) is 22.0 Å². The van der Waals surface area contributed by atoms with Gasteiger partial charge in [0.05, 0.1) is 16.9 Å². The molecule has 30 heavy (non-hydrogen) atoms. The first-order valence-corrected chi connectivity index (χ1v) is 11.2. The topological polar surface area (TPSA) is 110 Å². The molecule has 0 bridgehead atoms. The molecule has 0 radical (unpaired) electrons. The minimum absolute atomic E-state index is 0.169. The number of benzene rings is 1. The second-order valence-corrected chi connectivity index (χ2v) is 9.83. The smallest absolute Gasteiger partial charge is 0.265 e. The van der Waals surface area contributed by atoms with E-state index >= 15 is 0 Å². The number of nitrogens with one attached hydrogen (secondary N) is 2. The first-order valence-electron chi connectivity index (χ1n) is 9.72. The lowest BCUT2D eigenvalue weighted by atomic mass is 10.1. The molecule has 3 rings (SSSR count). The molecule has 0 aliphatic carbocycles. The molecule has 0 atom stereocenters. The van der Waals surface area contributed by atoms with Crippen LogP contribution in [0, 0.1) is 13.8 Å². The zero-order chi connectivity index (χ0) is 22.3. The molecule has 0 spiro atoms. The van der Waals surface area contributed by atoms with Crippen molar-refractivity contribution < 1.29 is 8.42 Å². The third-order valence-electron chi connectivity index (χ3n) is 4.67. The van der Waals surface area contributed by atoms with Crippen molar-refractivity contribution in [1.29, 1.82) is 0 Å². The molecule has 0 aliphatic heterocycles. The molecule has 3 aromatic rings. The van der Waals surface area contributed by atoms with Gasteiger partial charge in [0.2, 0.25) is 0 Å². The van der Waals surface area contributed by atoms with Crippen molar-refractivity contribution >= 4 is 15.7 Å². The van der Waals surface area contributed by atoms with Crippen LogP contribution in [0.15, 0.2) is 40.0 Å². The lowest BCUT2D eigenvalue weighted by molar-refractivity contribution is 0.345. The molecule has 0 saturated carbocycles. The predicted octanol–water partition coefficient (Wildman–Crippen LogP) is 3.37. The first kappa shape index (κ1) is 21.8. The Bertz CT molecular complexity index is 1250. The summed E-state index contributed by atoms with van der Waals surface area (Å²) in [6.07, 6.45) is 0.625. The standard InChI is InChI=1S/C21H27N5O3S/c1-7-16-12-18(27)23-20(22-16)15-9-8-10-17(11-15)25-30(28,29)19-13(2)24-26(14(19)3)21(4,5)6/h8-12,25H,7H2,1-6H3,(H,22,23,27). The van der Waals surface area contributed by atoms with Crippen LogP contribution in [0.25, 0.3) is 11.4 Å². The van der Waals surface area contributed by atoms with E-state index in [2.05, 4.69) is 19.8 Å². The zero-order valence-corrected chi connectivity index (χ0v) is 18.9. The highest BCUT2D eigenvalue weighted by Gasteiger charge is 2.28. The SMILES string of the molecule is CCc1cc(=O)[nH]c(-c2cccc(NS(=O)(=O)c3c(C)nn(C(C)(C)C)c3C)c2)n1. The summed E-state index contributed by atoms with van der Waals surface area (Å²) in [5.74, 6) is 0.397. The van der Waals surface area contributed by atoms with Crippen molar-refractivity contribution in [3.8, 4) is 11.4 Å². The Kier molecular flexibility index (Phi) is 5.60. The number of nitrogens with zero attached hydrogens (tertiary/aromatic N) is 3. The van der Waals surface area contributed by atoms with Gasteiger partial charge in [0, 0.05) is 23.0 Å². The van der Waals surface area contributed by atoms with Crippen molar-refractivity contribution in [2.24, 2.45) is 0 Å². The lowest BCUT2D eigenvalue weighted by Gasteiger charge is -2.21. The van der Waals surface area contributed by atoms with Gasteiger partial charge in [0.1, 0.15) is 10.7 Å².